The lowest BCUT2D eigenvalue weighted by Gasteiger charge is -2.09. The average molecular weight is 466 g/mol. The van der Waals surface area contributed by atoms with Crippen LogP contribution in [0, 0.1) is 10.1 Å². The molecule has 29 heavy (non-hydrogen) atoms. The fraction of sp³-hybridized carbons (Fsp3) is 0.167. The molecule has 0 fully saturated rings. The van der Waals surface area contributed by atoms with E-state index < -0.39 is 35.9 Å². The molecule has 0 atom stereocenters. The second-order valence-corrected chi connectivity index (χ2v) is 6.45. The van der Waals surface area contributed by atoms with Crippen molar-refractivity contribution < 1.29 is 28.8 Å². The standard InChI is InChI=1S/C18H16BrN3O7/c1-28-13-6-7-14(15(8-13)22(26)27)21-16(23)10-29-17(24)9-20-18(25)11-2-4-12(19)5-3-11/h2-8H,9-10H2,1H3,(H,20,25)(H,21,23). The quantitative estimate of drug-likeness (QED) is 0.346. The second kappa shape index (κ2) is 10.2. The minimum atomic E-state index is -0.838. The number of nitro benzene ring substituents is 1. The number of rotatable bonds is 8. The molecular formula is C18H16BrN3O7. The third-order valence-electron chi connectivity index (χ3n) is 3.54. The minimum Gasteiger partial charge on any atom is -0.496 e. The van der Waals surface area contributed by atoms with Crippen molar-refractivity contribution in [2.45, 2.75) is 0 Å². The zero-order valence-corrected chi connectivity index (χ0v) is 16.7. The zero-order chi connectivity index (χ0) is 21.4. The summed E-state index contributed by atoms with van der Waals surface area (Å²) in [6.07, 6.45) is 0. The summed E-state index contributed by atoms with van der Waals surface area (Å²) in [5, 5.41) is 15.7. The van der Waals surface area contributed by atoms with Crippen molar-refractivity contribution in [1.82, 2.24) is 5.32 Å². The van der Waals surface area contributed by atoms with Gasteiger partial charge in [0.2, 0.25) is 0 Å². The number of hydrogen-bond acceptors (Lipinski definition) is 7. The molecule has 0 aliphatic rings. The van der Waals surface area contributed by atoms with Crippen molar-refractivity contribution in [3.05, 3.63) is 62.6 Å². The zero-order valence-electron chi connectivity index (χ0n) is 15.1. The highest BCUT2D eigenvalue weighted by molar-refractivity contribution is 9.10. The smallest absolute Gasteiger partial charge is 0.325 e. The SMILES string of the molecule is COc1ccc(NC(=O)COC(=O)CNC(=O)c2ccc(Br)cc2)c([N+](=O)[O-])c1. The van der Waals surface area contributed by atoms with Gasteiger partial charge in [-0.1, -0.05) is 15.9 Å². The summed E-state index contributed by atoms with van der Waals surface area (Å²) in [7, 11) is 1.35. The van der Waals surface area contributed by atoms with E-state index in [1.807, 2.05) is 0 Å². The topological polar surface area (TPSA) is 137 Å². The number of hydrogen-bond donors (Lipinski definition) is 2. The Morgan fingerprint density at radius 1 is 1.14 bits per heavy atom. The summed E-state index contributed by atoms with van der Waals surface area (Å²) in [5.41, 5.74) is -0.0864. The van der Waals surface area contributed by atoms with Crippen LogP contribution in [0.1, 0.15) is 10.4 Å². The monoisotopic (exact) mass is 465 g/mol. The maximum absolute atomic E-state index is 11.9. The first-order valence-corrected chi connectivity index (χ1v) is 8.91. The predicted octanol–water partition coefficient (Wildman–Crippen LogP) is 2.28. The number of ether oxygens (including phenoxy) is 2. The third kappa shape index (κ3) is 6.57. The molecule has 0 heterocycles. The van der Waals surface area contributed by atoms with Crippen LogP contribution in [-0.4, -0.2) is 43.0 Å². The fourth-order valence-electron chi connectivity index (χ4n) is 2.13. The number of halogens is 1. The van der Waals surface area contributed by atoms with Crippen molar-refractivity contribution in [1.29, 1.82) is 0 Å². The minimum absolute atomic E-state index is 0.0691. The first-order chi connectivity index (χ1) is 13.8. The molecule has 0 unspecified atom stereocenters. The van der Waals surface area contributed by atoms with Gasteiger partial charge in [-0.3, -0.25) is 24.5 Å². The van der Waals surface area contributed by atoms with E-state index in [1.165, 1.54) is 19.2 Å². The number of anilines is 1. The molecule has 0 saturated carbocycles. The number of esters is 1. The molecule has 2 amide bonds. The molecule has 11 heteroatoms. The van der Waals surface area contributed by atoms with Crippen LogP contribution in [0.25, 0.3) is 0 Å². The van der Waals surface area contributed by atoms with E-state index >= 15 is 0 Å². The van der Waals surface area contributed by atoms with E-state index in [1.54, 1.807) is 24.3 Å². The van der Waals surface area contributed by atoms with Crippen molar-refractivity contribution in [2.75, 3.05) is 25.6 Å². The lowest BCUT2D eigenvalue weighted by Crippen LogP contribution is -2.32. The van der Waals surface area contributed by atoms with Crippen LogP contribution in [-0.2, 0) is 14.3 Å². The van der Waals surface area contributed by atoms with Crippen LogP contribution >= 0.6 is 15.9 Å². The normalized spacial score (nSPS) is 10.0. The Morgan fingerprint density at radius 2 is 1.83 bits per heavy atom. The van der Waals surface area contributed by atoms with E-state index in [-0.39, 0.29) is 17.1 Å². The predicted molar refractivity (Wildman–Crippen MR) is 106 cm³/mol. The van der Waals surface area contributed by atoms with Gasteiger partial charge in [0.15, 0.2) is 6.61 Å². The summed E-state index contributed by atoms with van der Waals surface area (Å²) in [6.45, 7) is -1.11. The van der Waals surface area contributed by atoms with Gasteiger partial charge in [0.1, 0.15) is 18.0 Å². The van der Waals surface area contributed by atoms with Crippen LogP contribution in [0.4, 0.5) is 11.4 Å². The molecule has 0 aliphatic heterocycles. The molecule has 0 aliphatic carbocycles. The third-order valence-corrected chi connectivity index (χ3v) is 4.07. The number of amides is 2. The summed E-state index contributed by atoms with van der Waals surface area (Å²) in [4.78, 5) is 45.9. The Kier molecular flexibility index (Phi) is 7.66. The van der Waals surface area contributed by atoms with E-state index in [2.05, 4.69) is 26.6 Å². The summed E-state index contributed by atoms with van der Waals surface area (Å²) in [6, 6.07) is 10.4. The summed E-state index contributed by atoms with van der Waals surface area (Å²) in [5.74, 6) is -1.84. The van der Waals surface area contributed by atoms with Gasteiger partial charge in [0.25, 0.3) is 17.5 Å². The van der Waals surface area contributed by atoms with E-state index in [0.717, 1.165) is 10.5 Å². The van der Waals surface area contributed by atoms with E-state index in [4.69, 9.17) is 9.47 Å². The van der Waals surface area contributed by atoms with Crippen LogP contribution in [0.15, 0.2) is 46.9 Å². The van der Waals surface area contributed by atoms with Gasteiger partial charge >= 0.3 is 5.97 Å². The van der Waals surface area contributed by atoms with Gasteiger partial charge in [-0.05, 0) is 36.4 Å². The first-order valence-electron chi connectivity index (χ1n) is 8.12. The molecule has 0 radical (unpaired) electrons. The Hall–Kier alpha value is -3.47. The second-order valence-electron chi connectivity index (χ2n) is 5.54. The maximum atomic E-state index is 11.9. The Morgan fingerprint density at radius 3 is 2.45 bits per heavy atom. The Bertz CT molecular complexity index is 932. The number of nitro groups is 1. The van der Waals surface area contributed by atoms with Crippen LogP contribution < -0.4 is 15.4 Å². The number of carbonyl (C=O) groups is 3. The molecule has 2 rings (SSSR count). The highest BCUT2D eigenvalue weighted by atomic mass is 79.9. The highest BCUT2D eigenvalue weighted by Gasteiger charge is 2.18. The number of benzene rings is 2. The number of carbonyl (C=O) groups excluding carboxylic acids is 3. The fourth-order valence-corrected chi connectivity index (χ4v) is 2.40. The first kappa shape index (κ1) is 21.8. The lowest BCUT2D eigenvalue weighted by atomic mass is 10.2. The molecule has 2 N–H and O–H groups in total. The van der Waals surface area contributed by atoms with Gasteiger partial charge < -0.3 is 20.1 Å². The molecule has 0 aromatic heterocycles. The van der Waals surface area contributed by atoms with Crippen LogP contribution in [0.3, 0.4) is 0 Å². The Balaban J connectivity index is 1.83. The number of nitrogens with zero attached hydrogens (tertiary/aromatic N) is 1. The Labute approximate surface area is 173 Å². The molecule has 0 bridgehead atoms. The molecule has 2 aromatic carbocycles. The average Bonchev–Trinajstić information content (AvgIpc) is 2.71. The largest absolute Gasteiger partial charge is 0.496 e. The molecule has 152 valence electrons. The van der Waals surface area contributed by atoms with Crippen molar-refractivity contribution in [3.63, 3.8) is 0 Å². The van der Waals surface area contributed by atoms with Crippen molar-refractivity contribution in [2.24, 2.45) is 0 Å². The van der Waals surface area contributed by atoms with Crippen molar-refractivity contribution >= 4 is 45.1 Å². The maximum Gasteiger partial charge on any atom is 0.325 e. The van der Waals surface area contributed by atoms with Crippen molar-refractivity contribution in [3.8, 4) is 5.75 Å². The van der Waals surface area contributed by atoms with E-state index in [0.29, 0.717) is 5.56 Å². The molecule has 0 saturated heterocycles. The number of methoxy groups -OCH3 is 1. The van der Waals surface area contributed by atoms with Gasteiger partial charge in [-0.2, -0.15) is 0 Å². The van der Waals surface area contributed by atoms with Gasteiger partial charge in [-0.25, -0.2) is 0 Å². The lowest BCUT2D eigenvalue weighted by molar-refractivity contribution is -0.384. The summed E-state index contributed by atoms with van der Waals surface area (Å²) >= 11 is 3.25. The number of nitrogens with one attached hydrogen (secondary N) is 2. The van der Waals surface area contributed by atoms with Gasteiger partial charge in [-0.15, -0.1) is 0 Å². The van der Waals surface area contributed by atoms with E-state index in [9.17, 15) is 24.5 Å². The molecule has 2 aromatic rings. The molecule has 0 spiro atoms. The van der Waals surface area contributed by atoms with Crippen LogP contribution in [0.5, 0.6) is 5.75 Å². The molecular weight excluding hydrogens is 450 g/mol. The van der Waals surface area contributed by atoms with Gasteiger partial charge in [0.05, 0.1) is 18.1 Å². The molecule has 10 nitrogen and oxygen atoms in total. The summed E-state index contributed by atoms with van der Waals surface area (Å²) < 4.78 is 10.5. The van der Waals surface area contributed by atoms with Gasteiger partial charge in [0, 0.05) is 10.0 Å². The highest BCUT2D eigenvalue weighted by Crippen LogP contribution is 2.28. The van der Waals surface area contributed by atoms with Crippen LogP contribution in [0.2, 0.25) is 0 Å².